The van der Waals surface area contributed by atoms with Crippen LogP contribution in [-0.4, -0.2) is 52.0 Å². The van der Waals surface area contributed by atoms with E-state index in [0.717, 1.165) is 12.8 Å². The van der Waals surface area contributed by atoms with Gasteiger partial charge in [-0.1, -0.05) is 0 Å². The van der Waals surface area contributed by atoms with Crippen molar-refractivity contribution in [3.05, 3.63) is 18.2 Å². The van der Waals surface area contributed by atoms with Gasteiger partial charge in [0.1, 0.15) is 16.4 Å². The molecule has 1 N–H and O–H groups in total. The van der Waals surface area contributed by atoms with E-state index in [2.05, 4.69) is 5.32 Å². The predicted molar refractivity (Wildman–Crippen MR) is 92.2 cm³/mol. The maximum atomic E-state index is 13.1. The van der Waals surface area contributed by atoms with E-state index >= 15 is 0 Å². The van der Waals surface area contributed by atoms with E-state index < -0.39 is 10.0 Å². The van der Waals surface area contributed by atoms with Crippen LogP contribution in [0.5, 0.6) is 11.5 Å². The number of nitrogens with one attached hydrogen (secondary N) is 1. The van der Waals surface area contributed by atoms with Gasteiger partial charge in [0, 0.05) is 25.2 Å². The molecular formula is C17H24N2O5S. The fourth-order valence-electron chi connectivity index (χ4n) is 3.05. The molecule has 1 saturated carbocycles. The Balaban J connectivity index is 1.82. The van der Waals surface area contributed by atoms with Crippen molar-refractivity contribution in [2.75, 3.05) is 27.3 Å². The molecule has 1 unspecified atom stereocenters. The highest BCUT2D eigenvalue weighted by Gasteiger charge is 2.36. The number of carbonyl (C=O) groups is 1. The lowest BCUT2D eigenvalue weighted by atomic mass is 9.99. The van der Waals surface area contributed by atoms with Crippen molar-refractivity contribution in [1.82, 2.24) is 9.62 Å². The molecule has 1 aromatic carbocycles. The Bertz CT molecular complexity index is 745. The van der Waals surface area contributed by atoms with Gasteiger partial charge in [-0.2, -0.15) is 4.31 Å². The number of rotatable bonds is 6. The first kappa shape index (κ1) is 18.0. The van der Waals surface area contributed by atoms with Crippen LogP contribution in [0.15, 0.2) is 23.1 Å². The minimum Gasteiger partial charge on any atom is -0.497 e. The molecule has 1 amide bonds. The Labute approximate surface area is 148 Å². The molecule has 0 aromatic heterocycles. The zero-order chi connectivity index (χ0) is 18.0. The van der Waals surface area contributed by atoms with Gasteiger partial charge in [0.05, 0.1) is 20.1 Å². The summed E-state index contributed by atoms with van der Waals surface area (Å²) < 4.78 is 37.9. The third-order valence-corrected chi connectivity index (χ3v) is 6.55. The smallest absolute Gasteiger partial charge is 0.246 e. The molecule has 1 aromatic rings. The third kappa shape index (κ3) is 3.90. The lowest BCUT2D eigenvalue weighted by molar-refractivity contribution is -0.126. The van der Waals surface area contributed by atoms with Gasteiger partial charge in [0.25, 0.3) is 0 Å². The average Bonchev–Trinajstić information content (AvgIpc) is 3.45. The Hall–Kier alpha value is -1.80. The van der Waals surface area contributed by atoms with Crippen LogP contribution in [-0.2, 0) is 14.8 Å². The molecule has 7 nitrogen and oxygen atoms in total. The van der Waals surface area contributed by atoms with Crippen molar-refractivity contribution >= 4 is 15.9 Å². The average molecular weight is 368 g/mol. The first-order valence-electron chi connectivity index (χ1n) is 8.48. The van der Waals surface area contributed by atoms with Crippen molar-refractivity contribution in [2.24, 2.45) is 5.92 Å². The quantitative estimate of drug-likeness (QED) is 0.820. The van der Waals surface area contributed by atoms with Crippen LogP contribution in [0.25, 0.3) is 0 Å². The second-order valence-corrected chi connectivity index (χ2v) is 8.41. The number of sulfonamides is 1. The second-order valence-electron chi connectivity index (χ2n) is 6.50. The standard InChI is InChI=1S/C17H24N2O5S/c1-23-14-7-8-15(24-2)16(10-14)25(21,22)19-9-3-4-12(11-19)17(20)18-13-5-6-13/h7-8,10,12-13H,3-6,9,11H2,1-2H3,(H,18,20). The van der Waals surface area contributed by atoms with Crippen molar-refractivity contribution in [2.45, 2.75) is 36.6 Å². The van der Waals surface area contributed by atoms with Gasteiger partial charge in [-0.25, -0.2) is 8.42 Å². The summed E-state index contributed by atoms with van der Waals surface area (Å²) in [6.07, 6.45) is 3.40. The van der Waals surface area contributed by atoms with E-state index in [1.54, 1.807) is 12.1 Å². The molecule has 2 fully saturated rings. The molecule has 2 aliphatic rings. The van der Waals surface area contributed by atoms with Crippen LogP contribution >= 0.6 is 0 Å². The molecule has 1 heterocycles. The molecule has 0 bridgehead atoms. The molecule has 1 saturated heterocycles. The van der Waals surface area contributed by atoms with Gasteiger partial charge in [0.15, 0.2) is 0 Å². The van der Waals surface area contributed by atoms with Crippen LogP contribution < -0.4 is 14.8 Å². The van der Waals surface area contributed by atoms with E-state index in [-0.39, 0.29) is 35.1 Å². The maximum absolute atomic E-state index is 13.1. The van der Waals surface area contributed by atoms with Crippen molar-refractivity contribution in [3.63, 3.8) is 0 Å². The number of piperidine rings is 1. The Morgan fingerprint density at radius 1 is 1.20 bits per heavy atom. The van der Waals surface area contributed by atoms with Crippen LogP contribution in [0.3, 0.4) is 0 Å². The maximum Gasteiger partial charge on any atom is 0.246 e. The summed E-state index contributed by atoms with van der Waals surface area (Å²) in [5, 5.41) is 2.97. The van der Waals surface area contributed by atoms with E-state index in [1.165, 1.54) is 24.6 Å². The van der Waals surface area contributed by atoms with E-state index in [4.69, 9.17) is 9.47 Å². The lowest BCUT2D eigenvalue weighted by Gasteiger charge is -2.31. The molecule has 0 radical (unpaired) electrons. The summed E-state index contributed by atoms with van der Waals surface area (Å²) in [5.74, 6) is 0.366. The number of nitrogens with zero attached hydrogens (tertiary/aromatic N) is 1. The van der Waals surface area contributed by atoms with Gasteiger partial charge in [-0.15, -0.1) is 0 Å². The van der Waals surface area contributed by atoms with E-state index in [0.29, 0.717) is 25.1 Å². The topological polar surface area (TPSA) is 84.9 Å². The van der Waals surface area contributed by atoms with Crippen molar-refractivity contribution in [3.8, 4) is 11.5 Å². The minimum atomic E-state index is -3.77. The Morgan fingerprint density at radius 3 is 2.60 bits per heavy atom. The molecular weight excluding hydrogens is 344 g/mol. The minimum absolute atomic E-state index is 0.0417. The Morgan fingerprint density at radius 2 is 1.96 bits per heavy atom. The molecule has 1 aliphatic carbocycles. The second kappa shape index (κ2) is 7.21. The number of benzene rings is 1. The molecule has 138 valence electrons. The number of hydrogen-bond donors (Lipinski definition) is 1. The molecule has 3 rings (SSSR count). The van der Waals surface area contributed by atoms with Gasteiger partial charge >= 0.3 is 0 Å². The molecule has 25 heavy (non-hydrogen) atoms. The lowest BCUT2D eigenvalue weighted by Crippen LogP contribution is -2.45. The van der Waals surface area contributed by atoms with Gasteiger partial charge in [-0.3, -0.25) is 4.79 Å². The number of amides is 1. The van der Waals surface area contributed by atoms with Crippen molar-refractivity contribution < 1.29 is 22.7 Å². The summed E-state index contributed by atoms with van der Waals surface area (Å²) in [4.78, 5) is 12.4. The Kier molecular flexibility index (Phi) is 5.19. The summed E-state index contributed by atoms with van der Waals surface area (Å²) in [6.45, 7) is 0.594. The largest absolute Gasteiger partial charge is 0.497 e. The first-order valence-corrected chi connectivity index (χ1v) is 9.92. The zero-order valence-corrected chi connectivity index (χ0v) is 15.3. The van der Waals surface area contributed by atoms with Crippen LogP contribution in [0, 0.1) is 5.92 Å². The van der Waals surface area contributed by atoms with E-state index in [9.17, 15) is 13.2 Å². The number of hydrogen-bond acceptors (Lipinski definition) is 5. The number of ether oxygens (including phenoxy) is 2. The normalized spacial score (nSPS) is 21.6. The van der Waals surface area contributed by atoms with Crippen LogP contribution in [0.2, 0.25) is 0 Å². The highest BCUT2D eigenvalue weighted by atomic mass is 32.2. The highest BCUT2D eigenvalue weighted by Crippen LogP contribution is 2.33. The summed E-state index contributed by atoms with van der Waals surface area (Å²) in [7, 11) is -0.851. The number of methoxy groups -OCH3 is 2. The van der Waals surface area contributed by atoms with Gasteiger partial charge in [0.2, 0.25) is 15.9 Å². The summed E-state index contributed by atoms with van der Waals surface area (Å²) in [6, 6.07) is 4.97. The predicted octanol–water partition coefficient (Wildman–Crippen LogP) is 1.38. The van der Waals surface area contributed by atoms with Crippen LogP contribution in [0.4, 0.5) is 0 Å². The zero-order valence-electron chi connectivity index (χ0n) is 14.5. The van der Waals surface area contributed by atoms with E-state index in [1.807, 2.05) is 0 Å². The molecule has 0 spiro atoms. The van der Waals surface area contributed by atoms with Crippen LogP contribution in [0.1, 0.15) is 25.7 Å². The highest BCUT2D eigenvalue weighted by molar-refractivity contribution is 7.89. The molecule has 1 aliphatic heterocycles. The fourth-order valence-corrected chi connectivity index (χ4v) is 4.74. The fraction of sp³-hybridized carbons (Fsp3) is 0.588. The first-order chi connectivity index (χ1) is 12.0. The summed E-state index contributed by atoms with van der Waals surface area (Å²) in [5.41, 5.74) is 0. The molecule has 1 atom stereocenters. The SMILES string of the molecule is COc1ccc(OC)c(S(=O)(=O)N2CCCC(C(=O)NC3CC3)C2)c1. The van der Waals surface area contributed by atoms with Crippen molar-refractivity contribution in [1.29, 1.82) is 0 Å². The third-order valence-electron chi connectivity index (χ3n) is 4.67. The summed E-state index contributed by atoms with van der Waals surface area (Å²) >= 11 is 0. The van der Waals surface area contributed by atoms with Gasteiger partial charge < -0.3 is 14.8 Å². The number of carbonyl (C=O) groups excluding carboxylic acids is 1. The monoisotopic (exact) mass is 368 g/mol. The molecule has 8 heteroatoms. The van der Waals surface area contributed by atoms with Gasteiger partial charge in [-0.05, 0) is 37.8 Å².